The largest absolute Gasteiger partial charge is 0.379 e. The van der Waals surface area contributed by atoms with Crippen molar-refractivity contribution in [1.29, 1.82) is 0 Å². The molecule has 2 unspecified atom stereocenters. The van der Waals surface area contributed by atoms with Gasteiger partial charge in [0.25, 0.3) is 5.56 Å². The molecule has 196 valence electrons. The number of carbonyl (C=O) groups excluding carboxylic acids is 1. The predicted octanol–water partition coefficient (Wildman–Crippen LogP) is 3.24. The van der Waals surface area contributed by atoms with Gasteiger partial charge in [0.15, 0.2) is 5.78 Å². The molecule has 1 aromatic heterocycles. The normalized spacial score (nSPS) is 17.7. The second-order valence-corrected chi connectivity index (χ2v) is 11.3. The van der Waals surface area contributed by atoms with E-state index in [0.717, 1.165) is 10.1 Å². The molecular formula is C29H23N3O6S. The van der Waals surface area contributed by atoms with Crippen LogP contribution >= 0.6 is 0 Å². The van der Waals surface area contributed by atoms with E-state index in [2.05, 4.69) is 4.99 Å². The number of aromatic nitrogens is 2. The first-order valence-electron chi connectivity index (χ1n) is 12.2. The summed E-state index contributed by atoms with van der Waals surface area (Å²) in [5, 5.41) is 0. The number of aryl methyl sites for hydroxylation is 1. The molecule has 0 spiro atoms. The summed E-state index contributed by atoms with van der Waals surface area (Å²) in [6.07, 6.45) is 0. The number of aliphatic imine (C=N–C) groups is 1. The molecular weight excluding hydrogens is 518 g/mol. The van der Waals surface area contributed by atoms with Crippen LogP contribution in [-0.2, 0) is 24.2 Å². The van der Waals surface area contributed by atoms with Crippen LogP contribution in [0.5, 0.6) is 5.75 Å². The number of benzene rings is 3. The lowest BCUT2D eigenvalue weighted by Gasteiger charge is -2.30. The molecule has 0 saturated heterocycles. The van der Waals surface area contributed by atoms with E-state index >= 15 is 0 Å². The summed E-state index contributed by atoms with van der Waals surface area (Å²) in [4.78, 5) is 44.5. The van der Waals surface area contributed by atoms with Crippen LogP contribution in [-0.4, -0.2) is 29.0 Å². The van der Waals surface area contributed by atoms with Gasteiger partial charge >= 0.3 is 15.8 Å². The van der Waals surface area contributed by atoms with E-state index < -0.39 is 33.2 Å². The third kappa shape index (κ3) is 3.78. The highest BCUT2D eigenvalue weighted by atomic mass is 32.2. The van der Waals surface area contributed by atoms with Crippen molar-refractivity contribution < 1.29 is 17.4 Å². The second-order valence-electron chi connectivity index (χ2n) is 9.72. The molecule has 0 fully saturated rings. The number of rotatable bonds is 4. The SMILES string of the molecule is Cc1ccc(S(=O)(=O)Oc2ccc(C3c4c(n(C)c(=O)n(C)c4=O)N=C4c5ccccc5C(=O)C43)cc2)cc1. The second kappa shape index (κ2) is 8.74. The van der Waals surface area contributed by atoms with Crippen LogP contribution in [0.2, 0.25) is 0 Å². The molecule has 4 aromatic rings. The van der Waals surface area contributed by atoms with Crippen molar-refractivity contribution in [2.45, 2.75) is 17.7 Å². The van der Waals surface area contributed by atoms with E-state index in [9.17, 15) is 22.8 Å². The lowest BCUT2D eigenvalue weighted by molar-refractivity contribution is 0.0953. The fourth-order valence-corrected chi connectivity index (χ4v) is 6.27. The summed E-state index contributed by atoms with van der Waals surface area (Å²) in [6, 6.07) is 19.7. The van der Waals surface area contributed by atoms with Gasteiger partial charge in [-0.15, -0.1) is 0 Å². The predicted molar refractivity (Wildman–Crippen MR) is 145 cm³/mol. The van der Waals surface area contributed by atoms with Gasteiger partial charge in [-0.25, -0.2) is 9.79 Å². The van der Waals surface area contributed by atoms with Crippen molar-refractivity contribution in [3.8, 4) is 5.75 Å². The third-order valence-corrected chi connectivity index (χ3v) is 8.60. The van der Waals surface area contributed by atoms with E-state index in [1.165, 1.54) is 42.9 Å². The van der Waals surface area contributed by atoms with Gasteiger partial charge in [0.05, 0.1) is 17.2 Å². The van der Waals surface area contributed by atoms with Crippen LogP contribution in [0.4, 0.5) is 5.82 Å². The Kier molecular flexibility index (Phi) is 5.55. The third-order valence-electron chi connectivity index (χ3n) is 7.34. The number of ketones is 1. The summed E-state index contributed by atoms with van der Waals surface area (Å²) in [6.45, 7) is 1.86. The minimum atomic E-state index is -4.06. The molecule has 0 amide bonds. The van der Waals surface area contributed by atoms with Gasteiger partial charge < -0.3 is 4.18 Å². The minimum absolute atomic E-state index is 0.0259. The van der Waals surface area contributed by atoms with E-state index in [1.807, 2.05) is 13.0 Å². The Hall–Kier alpha value is -4.57. The van der Waals surface area contributed by atoms with Crippen molar-refractivity contribution in [3.05, 3.63) is 121 Å². The van der Waals surface area contributed by atoms with Crippen LogP contribution < -0.4 is 15.4 Å². The zero-order valence-electron chi connectivity index (χ0n) is 21.3. The number of carbonyl (C=O) groups is 1. The Balaban J connectivity index is 1.47. The molecule has 1 aliphatic heterocycles. The lowest BCUT2D eigenvalue weighted by Crippen LogP contribution is -2.43. The zero-order chi connectivity index (χ0) is 27.6. The van der Waals surface area contributed by atoms with Gasteiger partial charge in [-0.05, 0) is 36.8 Å². The fraction of sp³-hybridized carbons (Fsp3) is 0.172. The zero-order valence-corrected chi connectivity index (χ0v) is 22.1. The summed E-state index contributed by atoms with van der Waals surface area (Å²) in [5.41, 5.74) is 2.35. The maximum absolute atomic E-state index is 13.6. The van der Waals surface area contributed by atoms with Gasteiger partial charge in [0.1, 0.15) is 16.5 Å². The first-order chi connectivity index (χ1) is 18.6. The van der Waals surface area contributed by atoms with Crippen LogP contribution in [0, 0.1) is 12.8 Å². The van der Waals surface area contributed by atoms with Crippen molar-refractivity contribution >= 4 is 27.4 Å². The molecule has 0 saturated carbocycles. The number of Topliss-reactive ketones (excluding diaryl/α,β-unsaturated/α-hetero) is 1. The van der Waals surface area contributed by atoms with Gasteiger partial charge in [-0.3, -0.25) is 18.7 Å². The summed E-state index contributed by atoms with van der Waals surface area (Å²) in [7, 11) is -1.14. The molecule has 2 atom stereocenters. The van der Waals surface area contributed by atoms with Crippen molar-refractivity contribution in [2.75, 3.05) is 0 Å². The van der Waals surface area contributed by atoms with Crippen LogP contribution in [0.1, 0.15) is 38.5 Å². The van der Waals surface area contributed by atoms with Crippen molar-refractivity contribution in [3.63, 3.8) is 0 Å². The molecule has 9 nitrogen and oxygen atoms in total. The molecule has 39 heavy (non-hydrogen) atoms. The van der Waals surface area contributed by atoms with Crippen LogP contribution in [0.15, 0.2) is 92.3 Å². The van der Waals surface area contributed by atoms with Crippen LogP contribution in [0.25, 0.3) is 0 Å². The maximum Gasteiger partial charge on any atom is 0.339 e. The monoisotopic (exact) mass is 541 g/mol. The highest BCUT2D eigenvalue weighted by molar-refractivity contribution is 7.87. The highest BCUT2D eigenvalue weighted by Crippen LogP contribution is 2.46. The summed E-state index contributed by atoms with van der Waals surface area (Å²) < 4.78 is 33.2. The Morgan fingerprint density at radius 2 is 1.44 bits per heavy atom. The maximum atomic E-state index is 13.6. The van der Waals surface area contributed by atoms with Gasteiger partial charge in [-0.2, -0.15) is 8.42 Å². The smallest absolute Gasteiger partial charge is 0.339 e. The quantitative estimate of drug-likeness (QED) is 0.366. The number of hydrogen-bond donors (Lipinski definition) is 0. The molecule has 1 aliphatic carbocycles. The van der Waals surface area contributed by atoms with Gasteiger partial charge in [0, 0.05) is 31.1 Å². The molecule has 0 bridgehead atoms. The van der Waals surface area contributed by atoms with Crippen molar-refractivity contribution in [2.24, 2.45) is 25.0 Å². The van der Waals surface area contributed by atoms with Gasteiger partial charge in [0.2, 0.25) is 0 Å². The van der Waals surface area contributed by atoms with E-state index in [4.69, 9.17) is 4.18 Å². The molecule has 2 aliphatic rings. The van der Waals surface area contributed by atoms with E-state index in [-0.39, 0.29) is 27.8 Å². The molecule has 6 rings (SSSR count). The lowest BCUT2D eigenvalue weighted by atomic mass is 9.76. The van der Waals surface area contributed by atoms with E-state index in [0.29, 0.717) is 22.4 Å². The highest BCUT2D eigenvalue weighted by Gasteiger charge is 2.47. The number of hydrogen-bond acceptors (Lipinski definition) is 7. The Bertz CT molecular complexity index is 1940. The summed E-state index contributed by atoms with van der Waals surface area (Å²) >= 11 is 0. The molecule has 0 N–H and O–H groups in total. The Morgan fingerprint density at radius 1 is 0.795 bits per heavy atom. The van der Waals surface area contributed by atoms with E-state index in [1.54, 1.807) is 42.5 Å². The number of fused-ring (bicyclic) bond motifs is 4. The molecule has 3 aromatic carbocycles. The summed E-state index contributed by atoms with van der Waals surface area (Å²) in [5.74, 6) is -1.41. The Labute approximate surface area is 223 Å². The van der Waals surface area contributed by atoms with Crippen molar-refractivity contribution in [1.82, 2.24) is 9.13 Å². The van der Waals surface area contributed by atoms with Crippen LogP contribution in [0.3, 0.4) is 0 Å². The standard InChI is InChI=1S/C29H23N3O6S/c1-16-8-14-19(15-9-16)39(36,37)38-18-12-10-17(11-13-18)22-23-25(20-6-4-5-7-21(20)26(23)33)30-27-24(22)28(34)32(3)29(35)31(27)2/h4-15,22-23H,1-3H3. The minimum Gasteiger partial charge on any atom is -0.379 e. The first-order valence-corrected chi connectivity index (χ1v) is 13.6. The molecule has 2 heterocycles. The fourth-order valence-electron chi connectivity index (χ4n) is 5.34. The Morgan fingerprint density at radius 3 is 2.10 bits per heavy atom. The molecule has 10 heteroatoms. The van der Waals surface area contributed by atoms with Gasteiger partial charge in [-0.1, -0.05) is 54.1 Å². The molecule has 0 radical (unpaired) electrons. The first kappa shape index (κ1) is 24.7. The average molecular weight is 542 g/mol. The number of nitrogens with zero attached hydrogens (tertiary/aromatic N) is 3. The average Bonchev–Trinajstić information content (AvgIpc) is 3.22. The topological polar surface area (TPSA) is 117 Å².